The van der Waals surface area contributed by atoms with E-state index in [9.17, 15) is 4.79 Å². The van der Waals surface area contributed by atoms with Gasteiger partial charge in [0.25, 0.3) is 0 Å². The maximum absolute atomic E-state index is 12.4. The van der Waals surface area contributed by atoms with E-state index in [0.717, 1.165) is 32.5 Å². The molecule has 94 valence electrons. The molecule has 2 atom stereocenters. The third-order valence-electron chi connectivity index (χ3n) is 3.39. The minimum absolute atomic E-state index is 0.00139. The summed E-state index contributed by atoms with van der Waals surface area (Å²) in [4.78, 5) is 16.6. The van der Waals surface area contributed by atoms with Crippen LogP contribution in [0.1, 0.15) is 26.7 Å². The molecular weight excluding hydrogens is 202 g/mol. The number of carbonyl (C=O) groups is 1. The van der Waals surface area contributed by atoms with Gasteiger partial charge in [0.05, 0.1) is 0 Å². The molecule has 1 N–H and O–H groups in total. The fourth-order valence-electron chi connectivity index (χ4n) is 2.31. The molecule has 1 fully saturated rings. The maximum atomic E-state index is 12.4. The summed E-state index contributed by atoms with van der Waals surface area (Å²) >= 11 is 0. The molecule has 1 rings (SSSR count). The predicted octanol–water partition coefficient (Wildman–Crippen LogP) is 0.537. The summed E-state index contributed by atoms with van der Waals surface area (Å²) in [5, 5.41) is 3.11. The van der Waals surface area contributed by atoms with Gasteiger partial charge in [-0.3, -0.25) is 9.69 Å². The second kappa shape index (κ2) is 6.21. The Hall–Kier alpha value is -0.610. The topological polar surface area (TPSA) is 35.6 Å². The van der Waals surface area contributed by atoms with E-state index in [-0.39, 0.29) is 11.9 Å². The zero-order valence-corrected chi connectivity index (χ0v) is 11.0. The summed E-state index contributed by atoms with van der Waals surface area (Å²) in [6.45, 7) is 6.90. The normalized spacial score (nSPS) is 28.2. The summed E-state index contributed by atoms with van der Waals surface area (Å²) < 4.78 is 0. The van der Waals surface area contributed by atoms with Crippen molar-refractivity contribution in [1.82, 2.24) is 15.1 Å². The summed E-state index contributed by atoms with van der Waals surface area (Å²) in [5.41, 5.74) is 0. The highest BCUT2D eigenvalue weighted by atomic mass is 16.2. The van der Waals surface area contributed by atoms with Crippen LogP contribution in [0, 0.1) is 0 Å². The number of rotatable bonds is 4. The molecule has 0 radical (unpaired) electrons. The lowest BCUT2D eigenvalue weighted by molar-refractivity contribution is -0.136. The van der Waals surface area contributed by atoms with E-state index in [2.05, 4.69) is 24.1 Å². The van der Waals surface area contributed by atoms with E-state index < -0.39 is 0 Å². The lowest BCUT2D eigenvalue weighted by Crippen LogP contribution is -2.50. The smallest absolute Gasteiger partial charge is 0.241 e. The van der Waals surface area contributed by atoms with Crippen molar-refractivity contribution in [3.05, 3.63) is 0 Å². The van der Waals surface area contributed by atoms with Gasteiger partial charge in [0.2, 0.25) is 5.91 Å². The summed E-state index contributed by atoms with van der Waals surface area (Å²) in [7, 11) is 3.95. The Labute approximate surface area is 99.0 Å². The average Bonchev–Trinajstić information content (AvgIpc) is 2.36. The van der Waals surface area contributed by atoms with Gasteiger partial charge in [0.1, 0.15) is 6.04 Å². The Balaban J connectivity index is 2.79. The van der Waals surface area contributed by atoms with Gasteiger partial charge >= 0.3 is 0 Å². The molecule has 0 aromatic carbocycles. The number of amides is 1. The highest BCUT2D eigenvalue weighted by molar-refractivity contribution is 5.82. The summed E-state index contributed by atoms with van der Waals surface area (Å²) in [6, 6.07) is 0.373. The van der Waals surface area contributed by atoms with E-state index in [1.54, 1.807) is 0 Å². The molecular formula is C12H25N3O. The SMILES string of the molecule is CCCN1C(=O)C(CNC)N(C)CCC1C. The van der Waals surface area contributed by atoms with Crippen LogP contribution >= 0.6 is 0 Å². The third kappa shape index (κ3) is 2.95. The zero-order chi connectivity index (χ0) is 12.1. The van der Waals surface area contributed by atoms with Gasteiger partial charge in [0, 0.05) is 25.7 Å². The maximum Gasteiger partial charge on any atom is 0.241 e. The monoisotopic (exact) mass is 227 g/mol. The van der Waals surface area contributed by atoms with E-state index in [4.69, 9.17) is 0 Å². The lowest BCUT2D eigenvalue weighted by atomic mass is 10.2. The molecule has 0 aromatic rings. The molecule has 0 aromatic heterocycles. The van der Waals surface area contributed by atoms with Crippen molar-refractivity contribution < 1.29 is 4.79 Å². The molecule has 0 aliphatic carbocycles. The van der Waals surface area contributed by atoms with E-state index in [0.29, 0.717) is 6.04 Å². The van der Waals surface area contributed by atoms with Gasteiger partial charge in [-0.1, -0.05) is 6.92 Å². The number of nitrogens with one attached hydrogen (secondary N) is 1. The van der Waals surface area contributed by atoms with Gasteiger partial charge in [0.15, 0.2) is 0 Å². The Morgan fingerprint density at radius 1 is 1.50 bits per heavy atom. The molecule has 1 aliphatic heterocycles. The van der Waals surface area contributed by atoms with Gasteiger partial charge in [-0.25, -0.2) is 0 Å². The number of nitrogens with zero attached hydrogens (tertiary/aromatic N) is 2. The van der Waals surface area contributed by atoms with Crippen molar-refractivity contribution in [2.45, 2.75) is 38.8 Å². The standard InChI is InChI=1S/C12H25N3O/c1-5-7-15-10(2)6-8-14(4)11(9-13-3)12(15)16/h10-11,13H,5-9H2,1-4H3. The van der Waals surface area contributed by atoms with Crippen LogP contribution in [-0.4, -0.2) is 61.5 Å². The van der Waals surface area contributed by atoms with Crippen LogP contribution in [0.25, 0.3) is 0 Å². The molecule has 0 saturated carbocycles. The number of hydrogen-bond acceptors (Lipinski definition) is 3. The van der Waals surface area contributed by atoms with Crippen LogP contribution in [0.15, 0.2) is 0 Å². The van der Waals surface area contributed by atoms with Crippen LogP contribution in [0.5, 0.6) is 0 Å². The van der Waals surface area contributed by atoms with Crippen LogP contribution < -0.4 is 5.32 Å². The first-order valence-electron chi connectivity index (χ1n) is 6.27. The van der Waals surface area contributed by atoms with Crippen LogP contribution in [-0.2, 0) is 4.79 Å². The molecule has 1 amide bonds. The molecule has 1 aliphatic rings. The van der Waals surface area contributed by atoms with E-state index >= 15 is 0 Å². The van der Waals surface area contributed by atoms with Crippen LogP contribution in [0.4, 0.5) is 0 Å². The largest absolute Gasteiger partial charge is 0.339 e. The quantitative estimate of drug-likeness (QED) is 0.761. The first-order valence-corrected chi connectivity index (χ1v) is 6.27. The lowest BCUT2D eigenvalue weighted by Gasteiger charge is -2.30. The Morgan fingerprint density at radius 3 is 2.75 bits per heavy atom. The molecule has 2 unspecified atom stereocenters. The minimum Gasteiger partial charge on any atom is -0.339 e. The zero-order valence-electron chi connectivity index (χ0n) is 11.0. The summed E-state index contributed by atoms with van der Waals surface area (Å²) in [5.74, 6) is 0.281. The molecule has 0 spiro atoms. The predicted molar refractivity (Wildman–Crippen MR) is 66.4 cm³/mol. The molecule has 1 heterocycles. The van der Waals surface area contributed by atoms with Crippen molar-refractivity contribution in [1.29, 1.82) is 0 Å². The third-order valence-corrected chi connectivity index (χ3v) is 3.39. The number of likely N-dealkylation sites (N-methyl/N-ethyl adjacent to an activating group) is 2. The average molecular weight is 227 g/mol. The Bertz CT molecular complexity index is 210. The van der Waals surface area contributed by atoms with Crippen molar-refractivity contribution in [2.24, 2.45) is 0 Å². The Kier molecular flexibility index (Phi) is 5.22. The minimum atomic E-state index is 0.00139. The van der Waals surface area contributed by atoms with Gasteiger partial charge in [-0.15, -0.1) is 0 Å². The number of hydrogen-bond donors (Lipinski definition) is 1. The Morgan fingerprint density at radius 2 is 2.19 bits per heavy atom. The van der Waals surface area contributed by atoms with E-state index in [1.165, 1.54) is 0 Å². The second-order valence-corrected chi connectivity index (χ2v) is 4.72. The van der Waals surface area contributed by atoms with Crippen LogP contribution in [0.2, 0.25) is 0 Å². The molecule has 4 nitrogen and oxygen atoms in total. The van der Waals surface area contributed by atoms with Crippen molar-refractivity contribution >= 4 is 5.91 Å². The molecule has 16 heavy (non-hydrogen) atoms. The van der Waals surface area contributed by atoms with Crippen molar-refractivity contribution in [3.63, 3.8) is 0 Å². The summed E-state index contributed by atoms with van der Waals surface area (Å²) in [6.07, 6.45) is 2.11. The first kappa shape index (κ1) is 13.5. The molecule has 1 saturated heterocycles. The molecule has 0 bridgehead atoms. The van der Waals surface area contributed by atoms with Gasteiger partial charge < -0.3 is 10.2 Å². The number of carbonyl (C=O) groups excluding carboxylic acids is 1. The van der Waals surface area contributed by atoms with Crippen LogP contribution in [0.3, 0.4) is 0 Å². The van der Waals surface area contributed by atoms with Gasteiger partial charge in [-0.2, -0.15) is 0 Å². The highest BCUT2D eigenvalue weighted by Gasteiger charge is 2.32. The molecule has 4 heteroatoms. The fraction of sp³-hybridized carbons (Fsp3) is 0.917. The first-order chi connectivity index (χ1) is 7.61. The van der Waals surface area contributed by atoms with Crippen molar-refractivity contribution in [2.75, 3.05) is 33.7 Å². The van der Waals surface area contributed by atoms with E-state index in [1.807, 2.05) is 19.0 Å². The van der Waals surface area contributed by atoms with Crippen molar-refractivity contribution in [3.8, 4) is 0 Å². The second-order valence-electron chi connectivity index (χ2n) is 4.72. The highest BCUT2D eigenvalue weighted by Crippen LogP contribution is 2.15. The van der Waals surface area contributed by atoms with Gasteiger partial charge in [-0.05, 0) is 33.9 Å². The fourth-order valence-corrected chi connectivity index (χ4v) is 2.31.